The number of benzene rings is 2. The fourth-order valence-electron chi connectivity index (χ4n) is 3.60. The van der Waals surface area contributed by atoms with E-state index in [0.717, 1.165) is 18.7 Å². The van der Waals surface area contributed by atoms with Gasteiger partial charge in [0.05, 0.1) is 5.69 Å². The smallest absolute Gasteiger partial charge is 0.273 e. The Labute approximate surface area is 188 Å². The predicted molar refractivity (Wildman–Crippen MR) is 122 cm³/mol. The maximum atomic E-state index is 14.5. The number of aryl methyl sites for hydroxylation is 1. The van der Waals surface area contributed by atoms with Crippen LogP contribution in [0, 0.1) is 18.6 Å². The zero-order valence-corrected chi connectivity index (χ0v) is 18.4. The van der Waals surface area contributed by atoms with E-state index in [0.29, 0.717) is 34.6 Å². The molecule has 2 N–H and O–H groups in total. The molecule has 0 radical (unpaired) electrons. The highest BCUT2D eigenvalue weighted by molar-refractivity contribution is 5.94. The van der Waals surface area contributed by atoms with E-state index < -0.39 is 11.6 Å². The van der Waals surface area contributed by atoms with Crippen LogP contribution in [0.4, 0.5) is 8.78 Å². The Bertz CT molecular complexity index is 1390. The summed E-state index contributed by atoms with van der Waals surface area (Å²) >= 11 is 0. The lowest BCUT2D eigenvalue weighted by Crippen LogP contribution is -2.31. The lowest BCUT2D eigenvalue weighted by atomic mass is 10.0. The van der Waals surface area contributed by atoms with Crippen LogP contribution in [-0.2, 0) is 0 Å². The van der Waals surface area contributed by atoms with E-state index in [2.05, 4.69) is 15.4 Å². The average Bonchev–Trinajstić information content (AvgIpc) is 3.10. The number of H-pyrrole nitrogens is 1. The highest BCUT2D eigenvalue weighted by Crippen LogP contribution is 2.30. The summed E-state index contributed by atoms with van der Waals surface area (Å²) in [6.45, 7) is 2.94. The minimum atomic E-state index is -0.746. The lowest BCUT2D eigenvalue weighted by Gasteiger charge is -2.10. The van der Waals surface area contributed by atoms with Gasteiger partial charge < -0.3 is 10.2 Å². The highest BCUT2D eigenvalue weighted by atomic mass is 19.1. The Balaban J connectivity index is 1.71. The number of likely N-dealkylation sites (N-methyl/N-ethyl adjacent to an activating group) is 1. The van der Waals surface area contributed by atoms with Crippen molar-refractivity contribution in [3.8, 4) is 22.4 Å². The van der Waals surface area contributed by atoms with E-state index in [1.807, 2.05) is 19.0 Å². The van der Waals surface area contributed by atoms with Gasteiger partial charge in [0.1, 0.15) is 11.6 Å². The zero-order chi connectivity index (χ0) is 23.7. The van der Waals surface area contributed by atoms with Crippen LogP contribution < -0.4 is 10.9 Å². The number of amides is 1. The molecular formula is C24H23F2N5O2. The Kier molecular flexibility index (Phi) is 6.06. The van der Waals surface area contributed by atoms with E-state index >= 15 is 0 Å². The first-order chi connectivity index (χ1) is 15.7. The topological polar surface area (TPSA) is 82.5 Å². The number of carbonyl (C=O) groups excluding carboxylic acids is 1. The van der Waals surface area contributed by atoms with Crippen LogP contribution in [0.2, 0.25) is 0 Å². The first-order valence-corrected chi connectivity index (χ1v) is 10.4. The third kappa shape index (κ3) is 4.54. The van der Waals surface area contributed by atoms with Crippen molar-refractivity contribution in [2.24, 2.45) is 0 Å². The molecule has 2 heterocycles. The van der Waals surface area contributed by atoms with Crippen molar-refractivity contribution in [3.05, 3.63) is 81.8 Å². The van der Waals surface area contributed by atoms with Crippen molar-refractivity contribution < 1.29 is 13.6 Å². The van der Waals surface area contributed by atoms with Gasteiger partial charge in [0.25, 0.3) is 11.5 Å². The third-order valence-electron chi connectivity index (χ3n) is 5.28. The summed E-state index contributed by atoms with van der Waals surface area (Å²) in [7, 11) is 3.85. The summed E-state index contributed by atoms with van der Waals surface area (Å²) in [5.74, 6) is -1.63. The van der Waals surface area contributed by atoms with Crippen molar-refractivity contribution >= 4 is 11.6 Å². The Hall–Kier alpha value is -3.85. The number of aromatic amines is 1. The minimum Gasteiger partial charge on any atom is -0.351 e. The summed E-state index contributed by atoms with van der Waals surface area (Å²) in [5, 5.41) is 5.74. The van der Waals surface area contributed by atoms with Crippen LogP contribution in [0.25, 0.3) is 28.0 Å². The summed E-state index contributed by atoms with van der Waals surface area (Å²) < 4.78 is 29.1. The van der Waals surface area contributed by atoms with Crippen molar-refractivity contribution in [1.29, 1.82) is 0 Å². The molecule has 0 bridgehead atoms. The maximum absolute atomic E-state index is 14.5. The number of halogens is 2. The number of hydrogen-bond acceptors (Lipinski definition) is 4. The van der Waals surface area contributed by atoms with E-state index in [4.69, 9.17) is 0 Å². The van der Waals surface area contributed by atoms with Gasteiger partial charge in [-0.05, 0) is 45.3 Å². The van der Waals surface area contributed by atoms with Gasteiger partial charge in [-0.1, -0.05) is 12.1 Å². The number of rotatable bonds is 6. The molecule has 9 heteroatoms. The first-order valence-electron chi connectivity index (χ1n) is 10.4. The van der Waals surface area contributed by atoms with Crippen LogP contribution in [0.1, 0.15) is 16.1 Å². The second-order valence-electron chi connectivity index (χ2n) is 8.01. The average molecular weight is 451 g/mol. The maximum Gasteiger partial charge on any atom is 0.273 e. The molecular weight excluding hydrogens is 428 g/mol. The Morgan fingerprint density at radius 2 is 1.85 bits per heavy atom. The molecule has 4 aromatic rings. The zero-order valence-electron chi connectivity index (χ0n) is 18.4. The first kappa shape index (κ1) is 22.3. The van der Waals surface area contributed by atoms with Crippen molar-refractivity contribution in [2.75, 3.05) is 27.2 Å². The number of hydrogen-bond donors (Lipinski definition) is 2. The molecule has 2 aromatic carbocycles. The summed E-state index contributed by atoms with van der Waals surface area (Å²) in [6.07, 6.45) is 0. The molecule has 33 heavy (non-hydrogen) atoms. The molecule has 0 aliphatic heterocycles. The molecule has 0 spiro atoms. The predicted octanol–water partition coefficient (Wildman–Crippen LogP) is 3.23. The van der Waals surface area contributed by atoms with Gasteiger partial charge in [0.2, 0.25) is 0 Å². The molecule has 170 valence electrons. The van der Waals surface area contributed by atoms with Gasteiger partial charge in [0.15, 0.2) is 5.65 Å². The normalized spacial score (nSPS) is 11.3. The van der Waals surface area contributed by atoms with E-state index in [-0.39, 0.29) is 22.7 Å². The van der Waals surface area contributed by atoms with Gasteiger partial charge in [-0.3, -0.25) is 14.7 Å². The second kappa shape index (κ2) is 8.95. The molecule has 0 unspecified atom stereocenters. The third-order valence-corrected chi connectivity index (χ3v) is 5.28. The number of nitrogens with one attached hydrogen (secondary N) is 2. The van der Waals surface area contributed by atoms with Gasteiger partial charge in [-0.2, -0.15) is 0 Å². The Morgan fingerprint density at radius 1 is 1.12 bits per heavy atom. The van der Waals surface area contributed by atoms with Crippen molar-refractivity contribution in [2.45, 2.75) is 6.92 Å². The lowest BCUT2D eigenvalue weighted by molar-refractivity contribution is 0.0951. The summed E-state index contributed by atoms with van der Waals surface area (Å²) in [6, 6.07) is 11.4. The van der Waals surface area contributed by atoms with Crippen LogP contribution >= 0.6 is 0 Å². The largest absolute Gasteiger partial charge is 0.351 e. The second-order valence-corrected chi connectivity index (χ2v) is 8.01. The fourth-order valence-corrected chi connectivity index (χ4v) is 3.60. The van der Waals surface area contributed by atoms with Crippen molar-refractivity contribution in [3.63, 3.8) is 0 Å². The Morgan fingerprint density at radius 3 is 2.52 bits per heavy atom. The van der Waals surface area contributed by atoms with Crippen molar-refractivity contribution in [1.82, 2.24) is 24.8 Å². The molecule has 0 saturated heterocycles. The monoisotopic (exact) mass is 451 g/mol. The van der Waals surface area contributed by atoms with E-state index in [1.165, 1.54) is 16.6 Å². The van der Waals surface area contributed by atoms with Crippen LogP contribution in [-0.4, -0.2) is 52.6 Å². The van der Waals surface area contributed by atoms with E-state index in [1.54, 1.807) is 31.2 Å². The molecule has 0 saturated carbocycles. The number of aromatic nitrogens is 3. The number of fused-ring (bicyclic) bond motifs is 1. The van der Waals surface area contributed by atoms with Gasteiger partial charge in [0, 0.05) is 53.2 Å². The quantitative estimate of drug-likeness (QED) is 0.472. The molecule has 7 nitrogen and oxygen atoms in total. The van der Waals surface area contributed by atoms with Gasteiger partial charge >= 0.3 is 0 Å². The summed E-state index contributed by atoms with van der Waals surface area (Å²) in [5.41, 5.74) is 2.38. The minimum absolute atomic E-state index is 0.140. The standard InChI is InChI=1S/C24H23F2N5O2/c1-14-22(18-9-8-17(25)12-19(18)26)23-28-20(13-21(32)31(23)29-14)15-4-6-16(7-5-15)24(33)27-10-11-30(2)3/h4-9,12-13,29H,10-11H2,1-3H3,(H,27,33). The molecule has 0 atom stereocenters. The molecule has 0 aliphatic carbocycles. The van der Waals surface area contributed by atoms with Gasteiger partial charge in [-0.15, -0.1) is 0 Å². The molecule has 4 rings (SSSR count). The summed E-state index contributed by atoms with van der Waals surface area (Å²) in [4.78, 5) is 31.6. The van der Waals surface area contributed by atoms with Gasteiger partial charge in [-0.25, -0.2) is 18.3 Å². The number of nitrogens with zero attached hydrogens (tertiary/aromatic N) is 3. The fraction of sp³-hybridized carbons (Fsp3) is 0.208. The molecule has 1 amide bonds. The van der Waals surface area contributed by atoms with E-state index in [9.17, 15) is 18.4 Å². The number of carbonyl (C=O) groups is 1. The molecule has 2 aromatic heterocycles. The van der Waals surface area contributed by atoms with Crippen LogP contribution in [0.15, 0.2) is 53.3 Å². The highest BCUT2D eigenvalue weighted by Gasteiger charge is 2.18. The SMILES string of the molecule is Cc1[nH]n2c(=O)cc(-c3ccc(C(=O)NCCN(C)C)cc3)nc2c1-c1ccc(F)cc1F. The molecule has 0 fully saturated rings. The van der Waals surface area contributed by atoms with Crippen LogP contribution in [0.5, 0.6) is 0 Å². The molecule has 0 aliphatic rings. The van der Waals surface area contributed by atoms with Crippen LogP contribution in [0.3, 0.4) is 0 Å².